The van der Waals surface area contributed by atoms with E-state index >= 15 is 0 Å². The van der Waals surface area contributed by atoms with E-state index in [2.05, 4.69) is 65.7 Å². The molecule has 1 N–H and O–H groups in total. The average Bonchev–Trinajstić information content (AvgIpc) is 3.46. The van der Waals surface area contributed by atoms with Gasteiger partial charge in [0.05, 0.1) is 13.2 Å². The van der Waals surface area contributed by atoms with Gasteiger partial charge in [0.2, 0.25) is 0 Å². The van der Waals surface area contributed by atoms with Crippen molar-refractivity contribution in [2.75, 3.05) is 19.8 Å². The van der Waals surface area contributed by atoms with Crippen molar-refractivity contribution in [3.05, 3.63) is 28.8 Å². The number of carbonyl (C=O) groups is 1. The summed E-state index contributed by atoms with van der Waals surface area (Å²) in [7, 11) is -1.12. The summed E-state index contributed by atoms with van der Waals surface area (Å²) in [5, 5.41) is 3.33. The van der Waals surface area contributed by atoms with E-state index in [1.54, 1.807) is 0 Å². The second kappa shape index (κ2) is 20.8. The van der Waals surface area contributed by atoms with Crippen LogP contribution in [0.5, 0.6) is 5.75 Å². The first-order valence-electron chi connectivity index (χ1n) is 17.7. The minimum absolute atomic E-state index is 0.0945. The molecule has 1 atom stereocenters. The highest BCUT2D eigenvalue weighted by atomic mass is 31.2. The van der Waals surface area contributed by atoms with Gasteiger partial charge >= 0.3 is 14.5 Å². The van der Waals surface area contributed by atoms with Crippen LogP contribution in [-0.2, 0) is 31.3 Å². The summed E-state index contributed by atoms with van der Waals surface area (Å²) in [6.07, 6.45) is 22.6. The summed E-state index contributed by atoms with van der Waals surface area (Å²) in [4.78, 5) is 12.6. The number of hydrogen-bond acceptors (Lipinski definition) is 5. The van der Waals surface area contributed by atoms with E-state index in [9.17, 15) is 4.79 Å². The molecule has 0 aromatic heterocycles. The molecule has 1 aromatic carbocycles. The molecule has 1 saturated heterocycles. The fraction of sp³-hybridized carbons (Fsp3) is 0.811. The second-order valence-electron chi connectivity index (χ2n) is 14.6. The van der Waals surface area contributed by atoms with Crippen molar-refractivity contribution in [1.82, 2.24) is 5.09 Å². The maximum Gasteiger partial charge on any atom is 0.318 e. The second-order valence-corrected chi connectivity index (χ2v) is 15.9. The van der Waals surface area contributed by atoms with Crippen molar-refractivity contribution < 1.29 is 18.6 Å². The number of hydrogen-bond donors (Lipinski definition) is 1. The van der Waals surface area contributed by atoms with Crippen LogP contribution < -0.4 is 9.61 Å². The molecule has 1 aliphatic rings. The first-order chi connectivity index (χ1) is 20.5. The first kappa shape index (κ1) is 38.0. The van der Waals surface area contributed by atoms with Crippen LogP contribution >= 0.6 is 8.53 Å². The van der Waals surface area contributed by atoms with E-state index in [1.165, 1.54) is 89.9 Å². The normalized spacial score (nSPS) is 15.7. The smallest absolute Gasteiger partial charge is 0.318 e. The molecule has 1 fully saturated rings. The number of carbonyl (C=O) groups excluding carboxylic acids is 1. The van der Waals surface area contributed by atoms with Gasteiger partial charge in [0.15, 0.2) is 0 Å². The molecule has 6 heteroatoms. The van der Waals surface area contributed by atoms with Gasteiger partial charge in [0.1, 0.15) is 5.75 Å². The molecule has 1 heterocycles. The van der Waals surface area contributed by atoms with E-state index in [0.29, 0.717) is 26.1 Å². The predicted octanol–water partition coefficient (Wildman–Crippen LogP) is 11.2. The molecule has 0 radical (unpaired) electrons. The minimum Gasteiger partial charge on any atom is -0.466 e. The molecule has 2 rings (SSSR count). The molecule has 248 valence electrons. The number of rotatable bonds is 22. The van der Waals surface area contributed by atoms with Crippen LogP contribution in [0.1, 0.15) is 174 Å². The molecule has 0 bridgehead atoms. The number of esters is 1. The Morgan fingerprint density at radius 2 is 1.23 bits per heavy atom. The van der Waals surface area contributed by atoms with Gasteiger partial charge < -0.3 is 13.8 Å². The molecule has 0 amide bonds. The highest BCUT2D eigenvalue weighted by molar-refractivity contribution is 7.45. The minimum atomic E-state index is -1.12. The highest BCUT2D eigenvalue weighted by Gasteiger charge is 2.31. The molecule has 0 saturated carbocycles. The Hall–Kier alpha value is -1.16. The Morgan fingerprint density at radius 1 is 0.767 bits per heavy atom. The van der Waals surface area contributed by atoms with Gasteiger partial charge in [-0.1, -0.05) is 157 Å². The van der Waals surface area contributed by atoms with E-state index < -0.39 is 8.53 Å². The summed E-state index contributed by atoms with van der Waals surface area (Å²) in [6.45, 7) is 17.6. The zero-order valence-electron chi connectivity index (χ0n) is 29.1. The topological polar surface area (TPSA) is 56.8 Å². The highest BCUT2D eigenvalue weighted by Crippen LogP contribution is 2.47. The first-order valence-corrected chi connectivity index (χ1v) is 18.9. The lowest BCUT2D eigenvalue weighted by Crippen LogP contribution is -2.20. The van der Waals surface area contributed by atoms with Crippen molar-refractivity contribution in [2.24, 2.45) is 0 Å². The van der Waals surface area contributed by atoms with Crippen LogP contribution in [0.4, 0.5) is 0 Å². The van der Waals surface area contributed by atoms with Gasteiger partial charge in [-0.25, -0.2) is 5.09 Å². The zero-order chi connectivity index (χ0) is 31.6. The lowest BCUT2D eigenvalue weighted by Gasteiger charge is -2.31. The quantitative estimate of drug-likeness (QED) is 0.0795. The Bertz CT molecular complexity index is 864. The number of nitrogens with one attached hydrogen (secondary N) is 1. The fourth-order valence-electron chi connectivity index (χ4n) is 5.65. The third kappa shape index (κ3) is 16.1. The van der Waals surface area contributed by atoms with E-state index in [1.807, 2.05) is 0 Å². The van der Waals surface area contributed by atoms with Gasteiger partial charge in [-0.05, 0) is 29.2 Å². The standard InChI is InChI=1S/C37H66NO4P/c1-8-9-10-11-12-13-14-15-16-17-18-19-20-21-22-23-27-40-34(39)25-24-31-29-32(36(2,3)4)35(33(30-31)37(5,6)7)42-43-38-26-28-41-43/h29-30,38H,8-28H2,1-7H3. The SMILES string of the molecule is CCCCCCCCCCCCCCCCCCOC(=O)CCc1cc(C(C)(C)C)c(OP2NCCO2)c(C(C)(C)C)c1. The summed E-state index contributed by atoms with van der Waals surface area (Å²) >= 11 is 0. The van der Waals surface area contributed by atoms with Crippen molar-refractivity contribution >= 4 is 14.5 Å². The third-order valence-corrected chi connectivity index (χ3v) is 9.62. The van der Waals surface area contributed by atoms with Gasteiger partial charge in [0, 0.05) is 24.1 Å². The number of ether oxygens (including phenoxy) is 1. The third-order valence-electron chi connectivity index (χ3n) is 8.37. The zero-order valence-corrected chi connectivity index (χ0v) is 30.0. The van der Waals surface area contributed by atoms with Crippen LogP contribution in [0.3, 0.4) is 0 Å². The Kier molecular flexibility index (Phi) is 18.4. The van der Waals surface area contributed by atoms with Crippen LogP contribution in [0, 0.1) is 0 Å². The van der Waals surface area contributed by atoms with Crippen LogP contribution in [0.25, 0.3) is 0 Å². The number of aryl methyl sites for hydroxylation is 1. The van der Waals surface area contributed by atoms with E-state index in [0.717, 1.165) is 41.8 Å². The molecular formula is C37H66NO4P. The largest absolute Gasteiger partial charge is 0.466 e. The lowest BCUT2D eigenvalue weighted by molar-refractivity contribution is -0.143. The maximum atomic E-state index is 12.6. The van der Waals surface area contributed by atoms with Crippen LogP contribution in [0.2, 0.25) is 0 Å². The summed E-state index contributed by atoms with van der Waals surface area (Å²) < 4.78 is 17.8. The summed E-state index contributed by atoms with van der Waals surface area (Å²) in [5.74, 6) is 0.832. The summed E-state index contributed by atoms with van der Waals surface area (Å²) in [6, 6.07) is 4.44. The average molecular weight is 620 g/mol. The molecule has 5 nitrogen and oxygen atoms in total. The molecule has 1 unspecified atom stereocenters. The van der Waals surface area contributed by atoms with Gasteiger partial charge in [-0.15, -0.1) is 0 Å². The monoisotopic (exact) mass is 619 g/mol. The van der Waals surface area contributed by atoms with E-state index in [4.69, 9.17) is 13.8 Å². The van der Waals surface area contributed by atoms with Crippen molar-refractivity contribution in [3.8, 4) is 5.75 Å². The van der Waals surface area contributed by atoms with Gasteiger partial charge in [0.25, 0.3) is 0 Å². The Labute approximate surface area is 267 Å². The van der Waals surface area contributed by atoms with Crippen LogP contribution in [-0.4, -0.2) is 25.7 Å². The fourth-order valence-corrected chi connectivity index (χ4v) is 6.75. The molecular weight excluding hydrogens is 553 g/mol. The Balaban J connectivity index is 1.64. The van der Waals surface area contributed by atoms with E-state index in [-0.39, 0.29) is 16.8 Å². The molecule has 0 aliphatic carbocycles. The maximum absolute atomic E-state index is 12.6. The molecule has 1 aliphatic heterocycles. The number of unbranched alkanes of at least 4 members (excludes halogenated alkanes) is 15. The van der Waals surface area contributed by atoms with Crippen molar-refractivity contribution in [1.29, 1.82) is 0 Å². The summed E-state index contributed by atoms with van der Waals surface area (Å²) in [5.41, 5.74) is 3.28. The van der Waals surface area contributed by atoms with Crippen LogP contribution in [0.15, 0.2) is 12.1 Å². The van der Waals surface area contributed by atoms with Crippen molar-refractivity contribution in [2.45, 2.75) is 175 Å². The Morgan fingerprint density at radius 3 is 1.65 bits per heavy atom. The molecule has 1 aromatic rings. The molecule has 43 heavy (non-hydrogen) atoms. The van der Waals surface area contributed by atoms with Crippen molar-refractivity contribution in [3.63, 3.8) is 0 Å². The van der Waals surface area contributed by atoms with Gasteiger partial charge in [-0.2, -0.15) is 0 Å². The van der Waals surface area contributed by atoms with Gasteiger partial charge in [-0.3, -0.25) is 4.79 Å². The lowest BCUT2D eigenvalue weighted by atomic mass is 9.78. The number of benzene rings is 1. The molecule has 0 spiro atoms. The predicted molar refractivity (Wildman–Crippen MR) is 184 cm³/mol.